The summed E-state index contributed by atoms with van der Waals surface area (Å²) in [5, 5.41) is 0. The molecule has 4 aliphatic carbocycles. The van der Waals surface area contributed by atoms with Gasteiger partial charge >= 0.3 is 0 Å². The van der Waals surface area contributed by atoms with Crippen LogP contribution in [0, 0.1) is 28.1 Å². The highest BCUT2D eigenvalue weighted by molar-refractivity contribution is 5.83. The molecule has 3 heteroatoms. The average molecular weight is 304 g/mol. The van der Waals surface area contributed by atoms with E-state index in [2.05, 4.69) is 25.7 Å². The maximum absolute atomic E-state index is 13.4. The quantitative estimate of drug-likeness (QED) is 0.851. The van der Waals surface area contributed by atoms with Crippen LogP contribution in [0.2, 0.25) is 0 Å². The Morgan fingerprint density at radius 3 is 2.27 bits per heavy atom. The molecular weight excluding hydrogens is 272 g/mol. The molecule has 22 heavy (non-hydrogen) atoms. The van der Waals surface area contributed by atoms with E-state index >= 15 is 0 Å². The molecule has 0 aromatic rings. The minimum atomic E-state index is -0.0321. The zero-order valence-electron chi connectivity index (χ0n) is 14.5. The van der Waals surface area contributed by atoms with E-state index in [1.165, 1.54) is 19.3 Å². The summed E-state index contributed by atoms with van der Waals surface area (Å²) in [6.07, 6.45) is 8.61. The fourth-order valence-electron chi connectivity index (χ4n) is 7.42. The molecule has 0 radical (unpaired) electrons. The number of amides is 1. The lowest BCUT2D eigenvalue weighted by atomic mass is 9.40. The summed E-state index contributed by atoms with van der Waals surface area (Å²) in [7, 11) is 0. The Bertz CT molecular complexity index is 482. The molecule has 3 nitrogen and oxygen atoms in total. The van der Waals surface area contributed by atoms with Crippen molar-refractivity contribution in [2.24, 2.45) is 33.8 Å². The van der Waals surface area contributed by atoms with Gasteiger partial charge in [-0.2, -0.15) is 0 Å². The highest BCUT2D eigenvalue weighted by Gasteiger charge is 2.63. The number of nitrogens with zero attached hydrogens (tertiary/aromatic N) is 1. The topological polar surface area (TPSA) is 46.3 Å². The van der Waals surface area contributed by atoms with Gasteiger partial charge in [-0.15, -0.1) is 0 Å². The molecule has 2 N–H and O–H groups in total. The average Bonchev–Trinajstić information content (AvgIpc) is 2.82. The van der Waals surface area contributed by atoms with Crippen LogP contribution in [0.15, 0.2) is 0 Å². The van der Waals surface area contributed by atoms with E-state index < -0.39 is 0 Å². The third-order valence-electron chi connectivity index (χ3n) is 7.34. The molecule has 4 saturated carbocycles. The number of rotatable bonds is 2. The molecule has 0 aromatic heterocycles. The first kappa shape index (κ1) is 15.0. The van der Waals surface area contributed by atoms with E-state index in [-0.39, 0.29) is 11.5 Å². The lowest BCUT2D eigenvalue weighted by molar-refractivity contribution is -0.178. The minimum Gasteiger partial charge on any atom is -0.342 e. The monoisotopic (exact) mass is 304 g/mol. The van der Waals surface area contributed by atoms with E-state index in [4.69, 9.17) is 5.73 Å². The van der Waals surface area contributed by atoms with Gasteiger partial charge in [-0.3, -0.25) is 4.79 Å². The number of nitrogens with two attached hydrogens (primary N) is 1. The van der Waals surface area contributed by atoms with Crippen molar-refractivity contribution in [3.8, 4) is 0 Å². The molecule has 4 atom stereocenters. The smallest absolute Gasteiger partial charge is 0.228 e. The van der Waals surface area contributed by atoms with Crippen molar-refractivity contribution in [1.29, 1.82) is 0 Å². The molecule has 5 fully saturated rings. The van der Waals surface area contributed by atoms with Crippen molar-refractivity contribution in [2.45, 2.75) is 71.8 Å². The Hall–Kier alpha value is -0.570. The highest BCUT2D eigenvalue weighted by Crippen LogP contribution is 2.69. The van der Waals surface area contributed by atoms with E-state index in [0.29, 0.717) is 22.7 Å². The number of likely N-dealkylation sites (tertiary alicyclic amines) is 1. The van der Waals surface area contributed by atoms with E-state index in [9.17, 15) is 4.79 Å². The summed E-state index contributed by atoms with van der Waals surface area (Å²) in [6, 6.07) is 0.212. The van der Waals surface area contributed by atoms with Gasteiger partial charge in [0.2, 0.25) is 5.91 Å². The first-order valence-electron chi connectivity index (χ1n) is 9.28. The Labute approximate surface area is 135 Å². The van der Waals surface area contributed by atoms with Gasteiger partial charge in [0.15, 0.2) is 0 Å². The third-order valence-corrected chi connectivity index (χ3v) is 7.34. The van der Waals surface area contributed by atoms with Crippen LogP contribution in [0.25, 0.3) is 0 Å². The van der Waals surface area contributed by atoms with Crippen molar-refractivity contribution >= 4 is 5.91 Å². The van der Waals surface area contributed by atoms with Crippen molar-refractivity contribution < 1.29 is 4.79 Å². The van der Waals surface area contributed by atoms with Crippen LogP contribution in [0.5, 0.6) is 0 Å². The second-order valence-electron chi connectivity index (χ2n) is 10.1. The second-order valence-corrected chi connectivity index (χ2v) is 10.1. The van der Waals surface area contributed by atoms with Crippen LogP contribution in [0.4, 0.5) is 0 Å². The largest absolute Gasteiger partial charge is 0.342 e. The molecule has 5 rings (SSSR count). The van der Waals surface area contributed by atoms with Crippen molar-refractivity contribution in [3.05, 3.63) is 0 Å². The van der Waals surface area contributed by atoms with Gasteiger partial charge in [-0.05, 0) is 74.5 Å². The number of carbonyl (C=O) groups excluding carboxylic acids is 1. The van der Waals surface area contributed by atoms with Crippen LogP contribution < -0.4 is 5.73 Å². The fourth-order valence-corrected chi connectivity index (χ4v) is 7.42. The zero-order valence-corrected chi connectivity index (χ0v) is 14.5. The Morgan fingerprint density at radius 2 is 1.77 bits per heavy atom. The molecule has 0 aromatic carbocycles. The van der Waals surface area contributed by atoms with Gasteiger partial charge < -0.3 is 10.6 Å². The van der Waals surface area contributed by atoms with Gasteiger partial charge in [-0.1, -0.05) is 13.8 Å². The molecule has 1 amide bonds. The van der Waals surface area contributed by atoms with E-state index in [0.717, 1.165) is 44.7 Å². The minimum absolute atomic E-state index is 0.0321. The summed E-state index contributed by atoms with van der Waals surface area (Å²) < 4.78 is 0. The summed E-state index contributed by atoms with van der Waals surface area (Å²) >= 11 is 0. The fraction of sp³-hybridized carbons (Fsp3) is 0.947. The third kappa shape index (κ3) is 2.15. The second kappa shape index (κ2) is 4.49. The molecule has 1 saturated heterocycles. The molecular formula is C19H32N2O. The molecule has 0 spiro atoms. The van der Waals surface area contributed by atoms with Crippen LogP contribution in [-0.4, -0.2) is 29.9 Å². The van der Waals surface area contributed by atoms with Gasteiger partial charge in [-0.25, -0.2) is 0 Å². The first-order valence-corrected chi connectivity index (χ1v) is 9.28. The van der Waals surface area contributed by atoms with Gasteiger partial charge in [0.25, 0.3) is 0 Å². The summed E-state index contributed by atoms with van der Waals surface area (Å²) in [5.41, 5.74) is 6.88. The van der Waals surface area contributed by atoms with E-state index in [1.807, 2.05) is 0 Å². The molecule has 1 heterocycles. The molecule has 1 aliphatic heterocycles. The summed E-state index contributed by atoms with van der Waals surface area (Å²) in [5.74, 6) is 1.78. The lowest BCUT2D eigenvalue weighted by Crippen LogP contribution is -2.60. The van der Waals surface area contributed by atoms with Crippen molar-refractivity contribution in [3.63, 3.8) is 0 Å². The predicted molar refractivity (Wildman–Crippen MR) is 88.2 cm³/mol. The molecule has 124 valence electrons. The first-order chi connectivity index (χ1) is 10.2. The maximum atomic E-state index is 13.4. The normalized spacial score (nSPS) is 51.4. The standard InChI is InChI=1S/C19H32N2O/c1-13(20)15-4-5-21(9-15)16(22)19-8-14-6-17(2,11-19)10-18(3,7-14)12-19/h13-15H,4-12,20H2,1-3H3. The summed E-state index contributed by atoms with van der Waals surface area (Å²) in [6.45, 7) is 8.83. The van der Waals surface area contributed by atoms with Gasteiger partial charge in [0.05, 0.1) is 5.41 Å². The van der Waals surface area contributed by atoms with Gasteiger partial charge in [0, 0.05) is 19.1 Å². The Kier molecular flexibility index (Phi) is 3.06. The van der Waals surface area contributed by atoms with Crippen molar-refractivity contribution in [1.82, 2.24) is 4.90 Å². The van der Waals surface area contributed by atoms with Crippen LogP contribution in [0.1, 0.15) is 65.7 Å². The predicted octanol–water partition coefficient (Wildman–Crippen LogP) is 3.18. The van der Waals surface area contributed by atoms with Crippen LogP contribution in [-0.2, 0) is 4.79 Å². The molecule has 4 bridgehead atoms. The summed E-state index contributed by atoms with van der Waals surface area (Å²) in [4.78, 5) is 15.6. The van der Waals surface area contributed by atoms with Gasteiger partial charge in [0.1, 0.15) is 0 Å². The lowest BCUT2D eigenvalue weighted by Gasteiger charge is -2.65. The number of hydrogen-bond donors (Lipinski definition) is 1. The van der Waals surface area contributed by atoms with Crippen molar-refractivity contribution in [2.75, 3.05) is 13.1 Å². The highest BCUT2D eigenvalue weighted by atomic mass is 16.2. The molecule has 5 aliphatic rings. The van der Waals surface area contributed by atoms with E-state index in [1.54, 1.807) is 0 Å². The number of carbonyl (C=O) groups is 1. The zero-order chi connectivity index (χ0) is 15.8. The van der Waals surface area contributed by atoms with Crippen LogP contribution >= 0.6 is 0 Å². The Morgan fingerprint density at radius 1 is 1.14 bits per heavy atom. The SMILES string of the molecule is CC(N)C1CCN(C(=O)C23CC4CC(C)(CC(C)(C4)C2)C3)C1. The van der Waals surface area contributed by atoms with Crippen LogP contribution in [0.3, 0.4) is 0 Å². The molecule has 4 unspecified atom stereocenters. The number of hydrogen-bond acceptors (Lipinski definition) is 2. The maximum Gasteiger partial charge on any atom is 0.228 e. The Balaban J connectivity index is 1.58.